The highest BCUT2D eigenvalue weighted by Gasteiger charge is 2.40. The zero-order chi connectivity index (χ0) is 25.8. The van der Waals surface area contributed by atoms with E-state index < -0.39 is 41.4 Å². The molecule has 1 fully saturated rings. The molecule has 14 heteroatoms. The minimum Gasteiger partial charge on any atom is -0.476 e. The summed E-state index contributed by atoms with van der Waals surface area (Å²) in [6, 6.07) is 5.99. The Morgan fingerprint density at radius 1 is 1.22 bits per heavy atom. The first kappa shape index (κ1) is 24.9. The van der Waals surface area contributed by atoms with Gasteiger partial charge in [-0.1, -0.05) is 12.1 Å². The van der Waals surface area contributed by atoms with E-state index in [0.717, 1.165) is 5.56 Å². The quantitative estimate of drug-likeness (QED) is 0.182. The van der Waals surface area contributed by atoms with E-state index in [1.165, 1.54) is 36.9 Å². The molecule has 2 aromatic heterocycles. The summed E-state index contributed by atoms with van der Waals surface area (Å²) in [5.41, 5.74) is 1.06. The SMILES string of the molecule is CC(=O)OC[C@H]1O[C@@H](n2cnc3c(OCCc4ccc([N+](=O)[O-])cc4)nc(F)nc32)C[C@@H]1OC(C)=O. The summed E-state index contributed by atoms with van der Waals surface area (Å²) in [5.74, 6) is -1.11. The fourth-order valence-electron chi connectivity index (χ4n) is 3.78. The third kappa shape index (κ3) is 5.71. The molecule has 0 spiro atoms. The van der Waals surface area contributed by atoms with Crippen LogP contribution in [-0.4, -0.2) is 61.8 Å². The number of ether oxygens (including phenoxy) is 4. The molecule has 0 amide bonds. The van der Waals surface area contributed by atoms with Crippen molar-refractivity contribution in [1.82, 2.24) is 19.5 Å². The molecule has 0 N–H and O–H groups in total. The van der Waals surface area contributed by atoms with Gasteiger partial charge in [0.05, 0.1) is 17.9 Å². The molecule has 1 saturated heterocycles. The normalized spacial score (nSPS) is 19.2. The molecular formula is C22H22FN5O8. The first-order valence-corrected chi connectivity index (χ1v) is 10.9. The summed E-state index contributed by atoms with van der Waals surface area (Å²) in [5, 5.41) is 10.8. The summed E-state index contributed by atoms with van der Waals surface area (Å²) < 4.78 is 37.6. The van der Waals surface area contributed by atoms with E-state index in [9.17, 15) is 24.1 Å². The molecular weight excluding hydrogens is 481 g/mol. The first-order chi connectivity index (χ1) is 17.2. The second-order valence-corrected chi connectivity index (χ2v) is 7.96. The summed E-state index contributed by atoms with van der Waals surface area (Å²) in [6.45, 7) is 2.48. The molecule has 1 aliphatic rings. The van der Waals surface area contributed by atoms with E-state index in [-0.39, 0.29) is 42.4 Å². The van der Waals surface area contributed by atoms with Crippen LogP contribution in [0.2, 0.25) is 0 Å². The number of hydrogen-bond acceptors (Lipinski definition) is 11. The van der Waals surface area contributed by atoms with Gasteiger partial charge in [0.1, 0.15) is 25.0 Å². The van der Waals surface area contributed by atoms with Crippen LogP contribution in [0.1, 0.15) is 32.1 Å². The van der Waals surface area contributed by atoms with Crippen molar-refractivity contribution in [3.05, 3.63) is 52.3 Å². The first-order valence-electron chi connectivity index (χ1n) is 10.9. The summed E-state index contributed by atoms with van der Waals surface area (Å²) >= 11 is 0. The van der Waals surface area contributed by atoms with Gasteiger partial charge in [0.25, 0.3) is 5.69 Å². The zero-order valence-electron chi connectivity index (χ0n) is 19.3. The fourth-order valence-corrected chi connectivity index (χ4v) is 3.78. The minimum atomic E-state index is -1.04. The number of esters is 2. The number of carbonyl (C=O) groups excluding carboxylic acids is 2. The maximum Gasteiger partial charge on any atom is 0.314 e. The number of fused-ring (bicyclic) bond motifs is 1. The molecule has 1 aromatic carbocycles. The number of nitro groups is 1. The molecule has 0 bridgehead atoms. The van der Waals surface area contributed by atoms with Crippen LogP contribution in [0, 0.1) is 16.2 Å². The monoisotopic (exact) mass is 503 g/mol. The predicted molar refractivity (Wildman–Crippen MR) is 118 cm³/mol. The third-order valence-corrected chi connectivity index (χ3v) is 5.40. The maximum atomic E-state index is 14.3. The van der Waals surface area contributed by atoms with E-state index in [0.29, 0.717) is 6.42 Å². The van der Waals surface area contributed by atoms with Gasteiger partial charge < -0.3 is 18.9 Å². The molecule has 190 valence electrons. The fraction of sp³-hybridized carbons (Fsp3) is 0.409. The summed E-state index contributed by atoms with van der Waals surface area (Å²) in [6.07, 6.45) is -1.25. The lowest BCUT2D eigenvalue weighted by atomic mass is 10.1. The predicted octanol–water partition coefficient (Wildman–Crippen LogP) is 2.28. The molecule has 3 atom stereocenters. The van der Waals surface area contributed by atoms with Crippen molar-refractivity contribution in [2.75, 3.05) is 13.2 Å². The molecule has 1 aliphatic heterocycles. The maximum absolute atomic E-state index is 14.3. The number of carbonyl (C=O) groups is 2. The van der Waals surface area contributed by atoms with Gasteiger partial charge in [-0.3, -0.25) is 24.3 Å². The van der Waals surface area contributed by atoms with Crippen LogP contribution in [0.15, 0.2) is 30.6 Å². The Balaban J connectivity index is 1.49. The third-order valence-electron chi connectivity index (χ3n) is 5.40. The van der Waals surface area contributed by atoms with E-state index in [2.05, 4.69) is 15.0 Å². The van der Waals surface area contributed by atoms with Crippen molar-refractivity contribution in [3.8, 4) is 5.88 Å². The van der Waals surface area contributed by atoms with Crippen LogP contribution in [-0.2, 0) is 30.2 Å². The number of rotatable bonds is 9. The smallest absolute Gasteiger partial charge is 0.314 e. The standard InChI is InChI=1S/C22H22FN5O8/c1-12(29)34-10-17-16(35-13(2)30)9-18(36-17)27-11-24-19-20(27)25-22(23)26-21(19)33-8-7-14-3-5-15(6-4-14)28(31)32/h3-6,11,16-18H,7-10H2,1-2H3/t16-,17+,18+/m0/s1. The van der Waals surface area contributed by atoms with Crippen molar-refractivity contribution in [1.29, 1.82) is 0 Å². The van der Waals surface area contributed by atoms with Gasteiger partial charge in [0.15, 0.2) is 11.2 Å². The second kappa shape index (κ2) is 10.6. The lowest BCUT2D eigenvalue weighted by Crippen LogP contribution is -2.31. The highest BCUT2D eigenvalue weighted by molar-refractivity contribution is 5.76. The van der Waals surface area contributed by atoms with Crippen molar-refractivity contribution in [2.45, 2.75) is 45.1 Å². The topological polar surface area (TPSA) is 158 Å². The minimum absolute atomic E-state index is 0.0232. The van der Waals surface area contributed by atoms with Gasteiger partial charge in [0.2, 0.25) is 5.88 Å². The van der Waals surface area contributed by atoms with E-state index >= 15 is 0 Å². The number of halogens is 1. The zero-order valence-corrected chi connectivity index (χ0v) is 19.3. The summed E-state index contributed by atoms with van der Waals surface area (Å²) in [7, 11) is 0. The average molecular weight is 503 g/mol. The van der Waals surface area contributed by atoms with Crippen LogP contribution in [0.3, 0.4) is 0 Å². The highest BCUT2D eigenvalue weighted by atomic mass is 19.1. The number of aromatic nitrogens is 4. The van der Waals surface area contributed by atoms with Gasteiger partial charge in [-0.05, 0) is 5.56 Å². The van der Waals surface area contributed by atoms with E-state index in [1.54, 1.807) is 12.1 Å². The van der Waals surface area contributed by atoms with Gasteiger partial charge in [-0.2, -0.15) is 14.4 Å². The average Bonchev–Trinajstić information content (AvgIpc) is 3.41. The molecule has 3 heterocycles. The molecule has 36 heavy (non-hydrogen) atoms. The number of nitrogens with zero attached hydrogens (tertiary/aromatic N) is 5. The van der Waals surface area contributed by atoms with Gasteiger partial charge in [-0.25, -0.2) is 4.98 Å². The molecule has 0 aliphatic carbocycles. The molecule has 0 radical (unpaired) electrons. The van der Waals surface area contributed by atoms with Crippen molar-refractivity contribution >= 4 is 28.8 Å². The van der Waals surface area contributed by atoms with Crippen LogP contribution in [0.5, 0.6) is 5.88 Å². The number of imidazole rings is 1. The number of hydrogen-bond donors (Lipinski definition) is 0. The van der Waals surface area contributed by atoms with Crippen molar-refractivity contribution in [3.63, 3.8) is 0 Å². The molecule has 0 unspecified atom stereocenters. The largest absolute Gasteiger partial charge is 0.476 e. The molecule has 4 rings (SSSR count). The van der Waals surface area contributed by atoms with Crippen LogP contribution in [0.25, 0.3) is 11.2 Å². The van der Waals surface area contributed by atoms with Gasteiger partial charge in [-0.15, -0.1) is 0 Å². The Morgan fingerprint density at radius 3 is 2.64 bits per heavy atom. The lowest BCUT2D eigenvalue weighted by Gasteiger charge is -2.17. The highest BCUT2D eigenvalue weighted by Crippen LogP contribution is 2.34. The Labute approximate surface area is 203 Å². The van der Waals surface area contributed by atoms with E-state index in [4.69, 9.17) is 18.9 Å². The van der Waals surface area contributed by atoms with Crippen LogP contribution >= 0.6 is 0 Å². The van der Waals surface area contributed by atoms with Crippen LogP contribution < -0.4 is 4.74 Å². The van der Waals surface area contributed by atoms with Gasteiger partial charge >= 0.3 is 18.0 Å². The molecule has 13 nitrogen and oxygen atoms in total. The number of benzene rings is 1. The van der Waals surface area contributed by atoms with Crippen molar-refractivity contribution in [2.24, 2.45) is 0 Å². The van der Waals surface area contributed by atoms with Crippen molar-refractivity contribution < 1.29 is 37.9 Å². The lowest BCUT2D eigenvalue weighted by molar-refractivity contribution is -0.384. The van der Waals surface area contributed by atoms with E-state index in [1.807, 2.05) is 0 Å². The Bertz CT molecular complexity index is 1280. The number of non-ortho nitro benzene ring substituents is 1. The second-order valence-electron chi connectivity index (χ2n) is 7.96. The Morgan fingerprint density at radius 2 is 1.97 bits per heavy atom. The van der Waals surface area contributed by atoms with Gasteiger partial charge in [0, 0.05) is 38.8 Å². The molecule has 3 aromatic rings. The summed E-state index contributed by atoms with van der Waals surface area (Å²) in [4.78, 5) is 44.8. The number of nitro benzene ring substituents is 1. The Kier molecular flexibility index (Phi) is 7.33. The Hall–Kier alpha value is -4.20. The van der Waals surface area contributed by atoms with Crippen LogP contribution in [0.4, 0.5) is 10.1 Å². The molecule has 0 saturated carbocycles.